The van der Waals surface area contributed by atoms with Gasteiger partial charge in [0.25, 0.3) is 0 Å². The summed E-state index contributed by atoms with van der Waals surface area (Å²) in [5.74, 6) is 3.55. The molecule has 1 nitrogen and oxygen atoms in total. The summed E-state index contributed by atoms with van der Waals surface area (Å²) >= 11 is 0. The van der Waals surface area contributed by atoms with E-state index in [1.165, 1.54) is 16.7 Å². The molecule has 2 heteroatoms. The lowest BCUT2D eigenvalue weighted by Gasteiger charge is -2.24. The van der Waals surface area contributed by atoms with Crippen LogP contribution in [0, 0.1) is 11.5 Å². The van der Waals surface area contributed by atoms with Gasteiger partial charge in [-0.05, 0) is 16.7 Å². The van der Waals surface area contributed by atoms with E-state index in [0.717, 1.165) is 0 Å². The van der Waals surface area contributed by atoms with Crippen LogP contribution < -0.4 is 5.32 Å². The van der Waals surface area contributed by atoms with E-state index < -0.39 is 8.07 Å². The number of hydrogen-bond acceptors (Lipinski definition) is 1. The van der Waals surface area contributed by atoms with Gasteiger partial charge in [0.15, 0.2) is 0 Å². The van der Waals surface area contributed by atoms with E-state index in [-0.39, 0.29) is 12.1 Å². The molecule has 0 amide bonds. The van der Waals surface area contributed by atoms with Crippen molar-refractivity contribution in [3.63, 3.8) is 0 Å². The zero-order chi connectivity index (χ0) is 19.1. The second-order valence-electron chi connectivity index (χ2n) is 7.78. The molecule has 0 aromatic heterocycles. The molecule has 3 aromatic carbocycles. The molecule has 0 aliphatic rings. The minimum Gasteiger partial charge on any atom is -0.289 e. The molecule has 0 spiro atoms. The molecule has 0 fully saturated rings. The third-order valence-electron chi connectivity index (χ3n) is 4.32. The average Bonchev–Trinajstić information content (AvgIpc) is 2.69. The number of benzene rings is 3. The maximum absolute atomic E-state index is 3.82. The molecule has 0 heterocycles. The molecule has 0 saturated heterocycles. The largest absolute Gasteiger partial charge is 0.289 e. The molecular weight excluding hydrogens is 342 g/mol. The minimum atomic E-state index is -1.46. The van der Waals surface area contributed by atoms with Crippen LogP contribution in [0.1, 0.15) is 28.8 Å². The van der Waals surface area contributed by atoms with E-state index in [9.17, 15) is 0 Å². The Labute approximate surface area is 164 Å². The first-order valence-electron chi connectivity index (χ1n) is 9.46. The van der Waals surface area contributed by atoms with Gasteiger partial charge in [0.05, 0.1) is 12.1 Å². The first-order valence-corrected chi connectivity index (χ1v) is 13.0. The number of rotatable bonds is 5. The normalized spacial score (nSPS) is 12.3. The predicted molar refractivity (Wildman–Crippen MR) is 118 cm³/mol. The molecule has 136 valence electrons. The van der Waals surface area contributed by atoms with Crippen LogP contribution in [-0.2, 0) is 0 Å². The Kier molecular flexibility index (Phi) is 6.29. The molecule has 1 N–H and O–H groups in total. The van der Waals surface area contributed by atoms with E-state index in [0.29, 0.717) is 0 Å². The zero-order valence-corrected chi connectivity index (χ0v) is 17.3. The molecule has 0 bridgehead atoms. The van der Waals surface area contributed by atoms with E-state index >= 15 is 0 Å². The zero-order valence-electron chi connectivity index (χ0n) is 16.3. The van der Waals surface area contributed by atoms with E-state index in [4.69, 9.17) is 0 Å². The quantitative estimate of drug-likeness (QED) is 0.430. The van der Waals surface area contributed by atoms with Gasteiger partial charge in [0.2, 0.25) is 0 Å². The maximum Gasteiger partial charge on any atom is 0.129 e. The van der Waals surface area contributed by atoms with Gasteiger partial charge in [0.1, 0.15) is 8.07 Å². The highest BCUT2D eigenvalue weighted by Gasteiger charge is 2.19. The van der Waals surface area contributed by atoms with Crippen molar-refractivity contribution in [1.82, 2.24) is 5.32 Å². The Bertz CT molecular complexity index is 848. The van der Waals surface area contributed by atoms with Gasteiger partial charge in [-0.3, -0.25) is 5.32 Å². The van der Waals surface area contributed by atoms with Gasteiger partial charge in [-0.1, -0.05) is 117 Å². The first-order chi connectivity index (χ1) is 13.0. The Morgan fingerprint density at radius 1 is 0.630 bits per heavy atom. The second-order valence-corrected chi connectivity index (χ2v) is 12.5. The Morgan fingerprint density at radius 3 is 1.44 bits per heavy atom. The Balaban J connectivity index is 2.00. The maximum atomic E-state index is 3.82. The minimum absolute atomic E-state index is 0.0108. The summed E-state index contributed by atoms with van der Waals surface area (Å²) in [5.41, 5.74) is 7.26. The number of hydrogen-bond donors (Lipinski definition) is 1. The lowest BCUT2D eigenvalue weighted by Crippen LogP contribution is -2.27. The van der Waals surface area contributed by atoms with Crippen molar-refractivity contribution in [1.29, 1.82) is 0 Å². The standard InChI is InChI=1S/C25H27NSi/c1-27(2,3)20-19-24(21-13-7-4-8-14-21)26-25(22-15-9-5-10-16-22)23-17-11-6-12-18-23/h4-18,24-26H,1-3H3. The molecule has 0 aliphatic carbocycles. The Morgan fingerprint density at radius 2 is 1.04 bits per heavy atom. The van der Waals surface area contributed by atoms with Gasteiger partial charge >= 0.3 is 0 Å². The van der Waals surface area contributed by atoms with Gasteiger partial charge in [0, 0.05) is 0 Å². The van der Waals surface area contributed by atoms with Crippen LogP contribution in [0.3, 0.4) is 0 Å². The highest BCUT2D eigenvalue weighted by molar-refractivity contribution is 6.83. The first kappa shape index (κ1) is 19.2. The molecule has 27 heavy (non-hydrogen) atoms. The summed E-state index contributed by atoms with van der Waals surface area (Å²) < 4.78 is 0. The molecule has 3 aromatic rings. The molecule has 0 aliphatic heterocycles. The highest BCUT2D eigenvalue weighted by Crippen LogP contribution is 2.26. The fourth-order valence-corrected chi connectivity index (χ4v) is 3.58. The third-order valence-corrected chi connectivity index (χ3v) is 5.22. The van der Waals surface area contributed by atoms with E-state index in [1.807, 2.05) is 0 Å². The van der Waals surface area contributed by atoms with Crippen molar-refractivity contribution in [3.8, 4) is 11.5 Å². The lowest BCUT2D eigenvalue weighted by atomic mass is 9.96. The van der Waals surface area contributed by atoms with Crippen molar-refractivity contribution in [2.75, 3.05) is 0 Å². The summed E-state index contributed by atoms with van der Waals surface area (Å²) in [4.78, 5) is 0. The topological polar surface area (TPSA) is 12.0 Å². The average molecular weight is 370 g/mol. The molecule has 0 radical (unpaired) electrons. The van der Waals surface area contributed by atoms with Crippen LogP contribution in [0.2, 0.25) is 19.6 Å². The summed E-state index contributed by atoms with van der Waals surface area (Å²) in [6.07, 6.45) is 0. The lowest BCUT2D eigenvalue weighted by molar-refractivity contribution is 0.563. The van der Waals surface area contributed by atoms with Crippen molar-refractivity contribution in [2.45, 2.75) is 31.7 Å². The van der Waals surface area contributed by atoms with Crippen molar-refractivity contribution in [2.24, 2.45) is 0 Å². The van der Waals surface area contributed by atoms with Gasteiger partial charge in [-0.15, -0.1) is 5.54 Å². The monoisotopic (exact) mass is 369 g/mol. The predicted octanol–water partition coefficient (Wildman–Crippen LogP) is 5.99. The van der Waals surface area contributed by atoms with Crippen LogP contribution in [0.25, 0.3) is 0 Å². The SMILES string of the molecule is C[Si](C)(C)C#CC(NC(c1ccccc1)c1ccccc1)c1ccccc1. The molecular formula is C25H27NSi. The summed E-state index contributed by atoms with van der Waals surface area (Å²) in [5, 5.41) is 3.82. The van der Waals surface area contributed by atoms with Gasteiger partial charge in [-0.25, -0.2) is 0 Å². The smallest absolute Gasteiger partial charge is 0.129 e. The highest BCUT2D eigenvalue weighted by atomic mass is 28.3. The van der Waals surface area contributed by atoms with Crippen LogP contribution in [0.4, 0.5) is 0 Å². The van der Waals surface area contributed by atoms with E-state index in [1.54, 1.807) is 0 Å². The molecule has 1 unspecified atom stereocenters. The summed E-state index contributed by atoms with van der Waals surface area (Å²) in [6, 6.07) is 31.8. The van der Waals surface area contributed by atoms with Crippen LogP contribution in [0.15, 0.2) is 91.0 Å². The fourth-order valence-electron chi connectivity index (χ4n) is 3.00. The van der Waals surface area contributed by atoms with Crippen molar-refractivity contribution >= 4 is 8.07 Å². The summed E-state index contributed by atoms with van der Waals surface area (Å²) in [6.45, 7) is 6.86. The van der Waals surface area contributed by atoms with E-state index in [2.05, 4.69) is 127 Å². The summed E-state index contributed by atoms with van der Waals surface area (Å²) in [7, 11) is -1.46. The van der Waals surface area contributed by atoms with Gasteiger partial charge in [-0.2, -0.15) is 0 Å². The van der Waals surface area contributed by atoms with Crippen molar-refractivity contribution in [3.05, 3.63) is 108 Å². The van der Waals surface area contributed by atoms with Crippen LogP contribution in [0.5, 0.6) is 0 Å². The molecule has 0 saturated carbocycles. The van der Waals surface area contributed by atoms with Crippen molar-refractivity contribution < 1.29 is 0 Å². The fraction of sp³-hybridized carbons (Fsp3) is 0.200. The Hall–Kier alpha value is -2.60. The second kappa shape index (κ2) is 8.86. The number of nitrogens with one attached hydrogen (secondary N) is 1. The molecule has 3 rings (SSSR count). The van der Waals surface area contributed by atoms with Crippen LogP contribution in [-0.4, -0.2) is 8.07 Å². The van der Waals surface area contributed by atoms with Gasteiger partial charge < -0.3 is 0 Å². The third kappa shape index (κ3) is 5.69. The molecule has 1 atom stereocenters. The van der Waals surface area contributed by atoms with Crippen LogP contribution >= 0.6 is 0 Å².